The van der Waals surface area contributed by atoms with Gasteiger partial charge in [-0.25, -0.2) is 13.8 Å². The van der Waals surface area contributed by atoms with Crippen LogP contribution in [0.5, 0.6) is 11.5 Å². The number of carbonyl (C=O) groups excluding carboxylic acids is 2. The van der Waals surface area contributed by atoms with Crippen molar-refractivity contribution in [2.75, 3.05) is 36.4 Å². The Hall–Kier alpha value is -5.42. The average molecular weight is 635 g/mol. The van der Waals surface area contributed by atoms with Gasteiger partial charge in [-0.05, 0) is 60.0 Å². The largest absolute Gasteiger partial charge is 0.452 e. The van der Waals surface area contributed by atoms with E-state index in [9.17, 15) is 14.0 Å². The molecule has 3 N–H and O–H groups in total. The van der Waals surface area contributed by atoms with Crippen LogP contribution in [-0.2, 0) is 16.1 Å². The second-order valence-electron chi connectivity index (χ2n) is 12.0. The van der Waals surface area contributed by atoms with Crippen molar-refractivity contribution < 1.29 is 23.1 Å². The van der Waals surface area contributed by atoms with Gasteiger partial charge in [-0.2, -0.15) is 0 Å². The molecule has 9 nitrogen and oxygen atoms in total. The van der Waals surface area contributed by atoms with Gasteiger partial charge in [0.1, 0.15) is 16.7 Å². The van der Waals surface area contributed by atoms with E-state index in [-0.39, 0.29) is 12.2 Å². The lowest BCUT2D eigenvalue weighted by Gasteiger charge is -2.36. The molecule has 2 atom stereocenters. The van der Waals surface area contributed by atoms with Gasteiger partial charge in [-0.3, -0.25) is 19.5 Å². The maximum atomic E-state index is 15.4. The van der Waals surface area contributed by atoms with Crippen LogP contribution in [0, 0.1) is 17.0 Å². The highest BCUT2D eigenvalue weighted by atomic mass is 19.1. The maximum absolute atomic E-state index is 15.4. The Kier molecular flexibility index (Phi) is 7.98. The Morgan fingerprint density at radius 2 is 1.68 bits per heavy atom. The minimum atomic E-state index is -1.54. The van der Waals surface area contributed by atoms with Crippen molar-refractivity contribution >= 4 is 34.2 Å². The lowest BCUT2D eigenvalue weighted by Crippen LogP contribution is -2.46. The quantitative estimate of drug-likeness (QED) is 0.202. The first kappa shape index (κ1) is 30.2. The van der Waals surface area contributed by atoms with E-state index < -0.39 is 34.8 Å². The van der Waals surface area contributed by atoms with E-state index in [2.05, 4.69) is 49.4 Å². The van der Waals surface area contributed by atoms with Crippen LogP contribution in [0.3, 0.4) is 0 Å². The first-order chi connectivity index (χ1) is 22.8. The van der Waals surface area contributed by atoms with Crippen molar-refractivity contribution in [1.82, 2.24) is 14.9 Å². The third-order valence-electron chi connectivity index (χ3n) is 9.00. The number of aromatic nitrogens is 2. The van der Waals surface area contributed by atoms with E-state index in [4.69, 9.17) is 10.5 Å². The highest BCUT2D eigenvalue weighted by molar-refractivity contribution is 6.14. The van der Waals surface area contributed by atoms with Crippen molar-refractivity contribution in [3.63, 3.8) is 0 Å². The van der Waals surface area contributed by atoms with E-state index in [1.54, 1.807) is 24.5 Å². The molecule has 0 bridgehead atoms. The summed E-state index contributed by atoms with van der Waals surface area (Å²) in [5, 5.41) is 2.62. The fraction of sp³-hybridized carbons (Fsp3) is 0.222. The summed E-state index contributed by atoms with van der Waals surface area (Å²) in [4.78, 5) is 39.4. The summed E-state index contributed by atoms with van der Waals surface area (Å²) in [6, 6.07) is 23.5. The van der Waals surface area contributed by atoms with E-state index in [1.807, 2.05) is 12.1 Å². The number of amides is 2. The minimum absolute atomic E-state index is 0.0391. The predicted molar refractivity (Wildman–Crippen MR) is 174 cm³/mol. The highest BCUT2D eigenvalue weighted by Crippen LogP contribution is 2.60. The van der Waals surface area contributed by atoms with Crippen molar-refractivity contribution in [2.45, 2.75) is 18.9 Å². The van der Waals surface area contributed by atoms with Crippen LogP contribution in [0.15, 0.2) is 97.3 Å². The van der Waals surface area contributed by atoms with Crippen molar-refractivity contribution in [1.29, 1.82) is 0 Å². The predicted octanol–water partition coefficient (Wildman–Crippen LogP) is 5.62. The number of hydrogen-bond acceptors (Lipinski definition) is 7. The van der Waals surface area contributed by atoms with Crippen molar-refractivity contribution in [3.05, 3.63) is 120 Å². The van der Waals surface area contributed by atoms with Gasteiger partial charge in [0.25, 0.3) is 0 Å². The van der Waals surface area contributed by atoms with Crippen LogP contribution in [0.1, 0.15) is 23.5 Å². The Balaban J connectivity index is 1.03. The van der Waals surface area contributed by atoms with Gasteiger partial charge < -0.3 is 20.7 Å². The second kappa shape index (κ2) is 12.4. The highest BCUT2D eigenvalue weighted by Gasteiger charge is 2.65. The normalized spacial score (nSPS) is 19.4. The molecule has 238 valence electrons. The number of rotatable bonds is 9. The molecule has 0 unspecified atom stereocenters. The Bertz CT molecular complexity index is 1950. The number of ether oxygens (including phenoxy) is 1. The van der Waals surface area contributed by atoms with Gasteiger partial charge in [0.2, 0.25) is 11.8 Å². The molecule has 1 saturated carbocycles. The Labute approximate surface area is 270 Å². The molecule has 2 amide bonds. The molecule has 47 heavy (non-hydrogen) atoms. The molecule has 0 spiro atoms. The van der Waals surface area contributed by atoms with Gasteiger partial charge in [0.15, 0.2) is 17.3 Å². The number of nitrogens with one attached hydrogen (secondary N) is 1. The monoisotopic (exact) mass is 634 g/mol. The zero-order valence-electron chi connectivity index (χ0n) is 25.4. The number of hydrogen-bond donors (Lipinski definition) is 2. The molecule has 3 aromatic carbocycles. The van der Waals surface area contributed by atoms with Gasteiger partial charge in [0.05, 0.1) is 17.4 Å². The molecular formula is C36H32F2N6O3. The molecule has 1 aliphatic carbocycles. The van der Waals surface area contributed by atoms with Crippen LogP contribution in [0.2, 0.25) is 0 Å². The zero-order chi connectivity index (χ0) is 32.5. The van der Waals surface area contributed by atoms with Gasteiger partial charge in [0, 0.05) is 56.6 Å². The summed E-state index contributed by atoms with van der Waals surface area (Å²) >= 11 is 0. The van der Waals surface area contributed by atoms with Crippen LogP contribution >= 0.6 is 0 Å². The summed E-state index contributed by atoms with van der Waals surface area (Å²) < 4.78 is 34.7. The molecule has 2 aliphatic rings. The number of fused-ring (bicyclic) bond motifs is 1. The first-order valence-corrected chi connectivity index (χ1v) is 15.4. The second-order valence-corrected chi connectivity index (χ2v) is 12.0. The number of primary amides is 1. The fourth-order valence-electron chi connectivity index (χ4n) is 6.27. The molecule has 2 aromatic heterocycles. The molecule has 5 aromatic rings. The first-order valence-electron chi connectivity index (χ1n) is 15.4. The van der Waals surface area contributed by atoms with E-state index >= 15 is 4.39 Å². The van der Waals surface area contributed by atoms with E-state index in [0.29, 0.717) is 28.0 Å². The van der Waals surface area contributed by atoms with Gasteiger partial charge >= 0.3 is 0 Å². The van der Waals surface area contributed by atoms with E-state index in [1.165, 1.54) is 42.0 Å². The van der Waals surface area contributed by atoms with Crippen LogP contribution < -0.4 is 20.7 Å². The smallest absolute Gasteiger partial charge is 0.240 e. The lowest BCUT2D eigenvalue weighted by molar-refractivity contribution is -0.132. The molecule has 1 aliphatic heterocycles. The third-order valence-corrected chi connectivity index (χ3v) is 9.00. The lowest BCUT2D eigenvalue weighted by atomic mass is 9.97. The van der Waals surface area contributed by atoms with Crippen LogP contribution in [0.25, 0.3) is 11.0 Å². The van der Waals surface area contributed by atoms with Crippen LogP contribution in [-0.4, -0.2) is 52.9 Å². The Morgan fingerprint density at radius 3 is 2.40 bits per heavy atom. The van der Waals surface area contributed by atoms with Crippen molar-refractivity contribution in [3.8, 4) is 11.5 Å². The molecule has 3 heterocycles. The van der Waals surface area contributed by atoms with Gasteiger partial charge in [-0.15, -0.1) is 0 Å². The SMILES string of the molecule is NC(=O)[C@]1(C(=O)Nc2ccc(F)cc2)C[C@H]1c1ccc(Oc2ccnc3cc(N4CCN(Cc5ccccc5)CC4)cnc23)c(F)c1. The average Bonchev–Trinajstić information content (AvgIpc) is 3.85. The standard InChI is InChI=1S/C36H32F2N6O3/c37-25-7-9-26(10-8-25)42-35(46)36(34(39)45)20-28(36)24-6-11-31(29(38)18-24)47-32-12-13-40-30-19-27(21-41-33(30)32)44-16-14-43(15-17-44)22-23-4-2-1-3-5-23/h1-13,18-19,21,28H,14-17,20,22H2,(H2,39,45)(H,42,46)/t28-,36-/m0/s1. The number of anilines is 2. The fourth-order valence-corrected chi connectivity index (χ4v) is 6.27. The number of nitrogens with two attached hydrogens (primary N) is 1. The minimum Gasteiger partial charge on any atom is -0.452 e. The Morgan fingerprint density at radius 1 is 0.915 bits per heavy atom. The van der Waals surface area contributed by atoms with E-state index in [0.717, 1.165) is 38.4 Å². The maximum Gasteiger partial charge on any atom is 0.240 e. The number of nitrogens with zero attached hydrogens (tertiary/aromatic N) is 4. The summed E-state index contributed by atoms with van der Waals surface area (Å²) in [6.45, 7) is 4.50. The number of carbonyl (C=O) groups is 2. The molecule has 11 heteroatoms. The summed E-state index contributed by atoms with van der Waals surface area (Å²) in [5.74, 6) is -2.87. The number of pyridine rings is 2. The third kappa shape index (κ3) is 6.09. The number of piperazine rings is 1. The van der Waals surface area contributed by atoms with Crippen molar-refractivity contribution in [2.24, 2.45) is 11.1 Å². The number of halogens is 2. The summed E-state index contributed by atoms with van der Waals surface area (Å²) in [5.41, 5.74) is 8.26. The molecule has 2 fully saturated rings. The molecule has 0 radical (unpaired) electrons. The topological polar surface area (TPSA) is 114 Å². The number of benzene rings is 3. The van der Waals surface area contributed by atoms with Gasteiger partial charge in [-0.1, -0.05) is 36.4 Å². The molecule has 7 rings (SSSR count). The molecular weight excluding hydrogens is 602 g/mol. The zero-order valence-corrected chi connectivity index (χ0v) is 25.4. The summed E-state index contributed by atoms with van der Waals surface area (Å²) in [7, 11) is 0. The van der Waals surface area contributed by atoms with Crippen LogP contribution in [0.4, 0.5) is 20.2 Å². The summed E-state index contributed by atoms with van der Waals surface area (Å²) in [6.07, 6.45) is 3.51. The molecule has 1 saturated heterocycles.